The second-order valence-electron chi connectivity index (χ2n) is 7.86. The van der Waals surface area contributed by atoms with Crippen molar-refractivity contribution in [3.63, 3.8) is 0 Å². The predicted molar refractivity (Wildman–Crippen MR) is 140 cm³/mol. The Bertz CT molecular complexity index is 1060. The number of rotatable bonds is 7. The average molecular weight is 507 g/mol. The minimum atomic E-state index is -0.209. The Morgan fingerprint density at radius 3 is 2.55 bits per heavy atom. The van der Waals surface area contributed by atoms with Crippen molar-refractivity contribution in [2.45, 2.75) is 6.04 Å². The lowest BCUT2D eigenvalue weighted by Gasteiger charge is -2.41. The number of halogens is 2. The highest BCUT2D eigenvalue weighted by atomic mass is 35.5. The van der Waals surface area contributed by atoms with Gasteiger partial charge >= 0.3 is 0 Å². The molecule has 5 N–H and O–H groups in total. The number of para-hydroxylation sites is 1. The molecule has 11 heteroatoms. The summed E-state index contributed by atoms with van der Waals surface area (Å²) in [5, 5.41) is 8.05. The Kier molecular flexibility index (Phi) is 7.87. The number of piperazine rings is 1. The standard InChI is InChI=1S/C22H28Cl2N8S/c1-33-11-10-32(26)22(29-25)21(19-12-15-4-2-3-5-18(15)28-19)31-8-6-30(7-9-31)20-16(23)13-27-14-17(20)24/h2-5,12-14,21,28H,6-11,25-26H2,1H3/b29-22-. The van der Waals surface area contributed by atoms with Crippen molar-refractivity contribution in [1.29, 1.82) is 0 Å². The number of hydrazone groups is 1. The molecule has 33 heavy (non-hydrogen) atoms. The number of hydrazine groups is 1. The summed E-state index contributed by atoms with van der Waals surface area (Å²) >= 11 is 14.5. The third-order valence-corrected chi connectivity index (χ3v) is 7.02. The number of H-pyrrole nitrogens is 1. The molecule has 1 aromatic carbocycles. The molecule has 176 valence electrons. The van der Waals surface area contributed by atoms with Gasteiger partial charge in [0.1, 0.15) is 6.04 Å². The summed E-state index contributed by atoms with van der Waals surface area (Å²) in [5.41, 5.74) is 2.90. The molecule has 0 bridgehead atoms. The van der Waals surface area contributed by atoms with Gasteiger partial charge < -0.3 is 15.7 Å². The van der Waals surface area contributed by atoms with E-state index >= 15 is 0 Å². The summed E-state index contributed by atoms with van der Waals surface area (Å²) in [6, 6.07) is 10.1. The van der Waals surface area contributed by atoms with Gasteiger partial charge in [0.2, 0.25) is 0 Å². The lowest BCUT2D eigenvalue weighted by Crippen LogP contribution is -2.53. The van der Waals surface area contributed by atoms with Crippen molar-refractivity contribution in [3.8, 4) is 0 Å². The molecule has 1 aliphatic heterocycles. The topological polar surface area (TPSA) is 103 Å². The van der Waals surface area contributed by atoms with Crippen LogP contribution in [0, 0.1) is 0 Å². The summed E-state index contributed by atoms with van der Waals surface area (Å²) in [4.78, 5) is 12.2. The van der Waals surface area contributed by atoms with Gasteiger partial charge in [-0.15, -0.1) is 0 Å². The Balaban J connectivity index is 1.62. The number of nitrogens with two attached hydrogens (primary N) is 2. The van der Waals surface area contributed by atoms with Crippen LogP contribution < -0.4 is 16.6 Å². The number of pyridine rings is 1. The van der Waals surface area contributed by atoms with Crippen LogP contribution in [-0.2, 0) is 0 Å². The van der Waals surface area contributed by atoms with E-state index in [1.54, 1.807) is 29.2 Å². The number of nitrogens with one attached hydrogen (secondary N) is 1. The minimum absolute atomic E-state index is 0.209. The van der Waals surface area contributed by atoms with Crippen molar-refractivity contribution in [1.82, 2.24) is 19.9 Å². The van der Waals surface area contributed by atoms with Crippen molar-refractivity contribution in [2.24, 2.45) is 16.8 Å². The fraction of sp³-hybridized carbons (Fsp3) is 0.364. The zero-order valence-corrected chi connectivity index (χ0v) is 20.7. The number of amidine groups is 1. The maximum Gasteiger partial charge on any atom is 0.162 e. The van der Waals surface area contributed by atoms with Gasteiger partial charge in [-0.05, 0) is 23.8 Å². The van der Waals surface area contributed by atoms with E-state index in [2.05, 4.69) is 49.3 Å². The van der Waals surface area contributed by atoms with Crippen LogP contribution in [0.15, 0.2) is 47.8 Å². The average Bonchev–Trinajstić information content (AvgIpc) is 3.25. The van der Waals surface area contributed by atoms with Gasteiger partial charge in [-0.1, -0.05) is 41.4 Å². The maximum atomic E-state index is 6.43. The Labute approximate surface area is 207 Å². The van der Waals surface area contributed by atoms with E-state index in [0.717, 1.165) is 54.2 Å². The van der Waals surface area contributed by atoms with Crippen molar-refractivity contribution in [2.75, 3.05) is 49.6 Å². The fourth-order valence-electron chi connectivity index (χ4n) is 4.26. The van der Waals surface area contributed by atoms with Crippen LogP contribution in [0.3, 0.4) is 0 Å². The first-order chi connectivity index (χ1) is 16.0. The van der Waals surface area contributed by atoms with E-state index in [9.17, 15) is 0 Å². The van der Waals surface area contributed by atoms with Gasteiger partial charge in [0.05, 0.1) is 15.7 Å². The van der Waals surface area contributed by atoms with Crippen LogP contribution in [0.4, 0.5) is 5.69 Å². The second kappa shape index (κ2) is 10.8. The van der Waals surface area contributed by atoms with E-state index in [0.29, 0.717) is 22.4 Å². The van der Waals surface area contributed by atoms with Crippen LogP contribution in [0.25, 0.3) is 10.9 Å². The molecule has 0 spiro atoms. The van der Waals surface area contributed by atoms with E-state index < -0.39 is 0 Å². The maximum absolute atomic E-state index is 6.43. The van der Waals surface area contributed by atoms with Crippen molar-refractivity contribution in [3.05, 3.63) is 58.5 Å². The Morgan fingerprint density at radius 1 is 1.21 bits per heavy atom. The van der Waals surface area contributed by atoms with Crippen LogP contribution in [0.1, 0.15) is 11.7 Å². The fourth-order valence-corrected chi connectivity index (χ4v) is 5.24. The van der Waals surface area contributed by atoms with E-state index in [4.69, 9.17) is 34.9 Å². The highest BCUT2D eigenvalue weighted by Crippen LogP contribution is 2.34. The first-order valence-corrected chi connectivity index (χ1v) is 12.8. The number of nitrogens with zero attached hydrogens (tertiary/aromatic N) is 5. The summed E-state index contributed by atoms with van der Waals surface area (Å²) < 4.78 is 0. The van der Waals surface area contributed by atoms with Gasteiger partial charge in [-0.3, -0.25) is 14.9 Å². The quantitative estimate of drug-likeness (QED) is 0.195. The predicted octanol–water partition coefficient (Wildman–Crippen LogP) is 3.54. The number of anilines is 1. The van der Waals surface area contributed by atoms with Gasteiger partial charge in [0.25, 0.3) is 0 Å². The molecule has 1 saturated heterocycles. The number of hydrogen-bond acceptors (Lipinski definition) is 7. The first kappa shape index (κ1) is 24.0. The van der Waals surface area contributed by atoms with Crippen LogP contribution in [0.5, 0.6) is 0 Å². The number of aromatic nitrogens is 2. The molecule has 3 heterocycles. The number of thioether (sulfide) groups is 1. The summed E-state index contributed by atoms with van der Waals surface area (Å²) in [7, 11) is 0. The lowest BCUT2D eigenvalue weighted by atomic mass is 10.1. The molecule has 1 atom stereocenters. The SMILES string of the molecule is CSCCN(N)/C(=N\N)C(c1cc2ccccc2[nH]1)N1CCN(c2c(Cl)cncc2Cl)CC1. The highest BCUT2D eigenvalue weighted by Gasteiger charge is 2.33. The van der Waals surface area contributed by atoms with E-state index in [1.807, 2.05) is 12.1 Å². The highest BCUT2D eigenvalue weighted by molar-refractivity contribution is 7.98. The van der Waals surface area contributed by atoms with Gasteiger partial charge in [-0.25, -0.2) is 5.84 Å². The normalized spacial score (nSPS) is 16.4. The number of aromatic amines is 1. The molecule has 0 amide bonds. The summed E-state index contributed by atoms with van der Waals surface area (Å²) in [6.45, 7) is 3.64. The molecule has 0 saturated carbocycles. The molecule has 0 aliphatic carbocycles. The minimum Gasteiger partial charge on any atom is -0.366 e. The largest absolute Gasteiger partial charge is 0.366 e. The number of hydrogen-bond donors (Lipinski definition) is 3. The van der Waals surface area contributed by atoms with Gasteiger partial charge in [0, 0.05) is 62.1 Å². The third-order valence-electron chi connectivity index (χ3n) is 5.88. The zero-order valence-electron chi connectivity index (χ0n) is 18.4. The van der Waals surface area contributed by atoms with Gasteiger partial charge in [0.15, 0.2) is 5.84 Å². The molecule has 1 unspecified atom stereocenters. The van der Waals surface area contributed by atoms with Gasteiger partial charge in [-0.2, -0.15) is 16.9 Å². The first-order valence-electron chi connectivity index (χ1n) is 10.7. The molecule has 0 radical (unpaired) electrons. The molecular weight excluding hydrogens is 479 g/mol. The third kappa shape index (κ3) is 5.17. The van der Waals surface area contributed by atoms with Crippen molar-refractivity contribution >= 4 is 57.4 Å². The smallest absolute Gasteiger partial charge is 0.162 e. The molecule has 8 nitrogen and oxygen atoms in total. The molecule has 1 aliphatic rings. The summed E-state index contributed by atoms with van der Waals surface area (Å²) in [6.07, 6.45) is 5.30. The lowest BCUT2D eigenvalue weighted by molar-refractivity contribution is 0.213. The molecular formula is C22H28Cl2N8S. The van der Waals surface area contributed by atoms with Crippen LogP contribution in [-0.4, -0.2) is 70.4 Å². The van der Waals surface area contributed by atoms with E-state index in [1.165, 1.54) is 0 Å². The van der Waals surface area contributed by atoms with E-state index in [-0.39, 0.29) is 6.04 Å². The second-order valence-corrected chi connectivity index (χ2v) is 9.66. The number of benzene rings is 1. The molecule has 4 rings (SSSR count). The Morgan fingerprint density at radius 2 is 1.91 bits per heavy atom. The molecule has 1 fully saturated rings. The summed E-state index contributed by atoms with van der Waals surface area (Å²) in [5.74, 6) is 13.8. The number of fused-ring (bicyclic) bond motifs is 1. The van der Waals surface area contributed by atoms with Crippen LogP contribution >= 0.6 is 35.0 Å². The van der Waals surface area contributed by atoms with Crippen LogP contribution in [0.2, 0.25) is 10.0 Å². The van der Waals surface area contributed by atoms with Crippen molar-refractivity contribution < 1.29 is 0 Å². The molecule has 3 aromatic rings. The monoisotopic (exact) mass is 506 g/mol. The molecule has 2 aromatic heterocycles. The zero-order chi connectivity index (χ0) is 23.4. The Hall–Kier alpha value is -2.17.